The first kappa shape index (κ1) is 16.5. The highest BCUT2D eigenvalue weighted by Gasteiger charge is 2.17. The topological polar surface area (TPSA) is 38.3 Å². The van der Waals surface area contributed by atoms with Crippen LogP contribution in [0.25, 0.3) is 0 Å². The molecule has 1 unspecified atom stereocenters. The molecule has 1 rings (SSSR count). The Morgan fingerprint density at radius 3 is 2.40 bits per heavy atom. The zero-order chi connectivity index (χ0) is 15.1. The van der Waals surface area contributed by atoms with Crippen molar-refractivity contribution in [3.8, 4) is 5.75 Å². The first-order valence-electron chi connectivity index (χ1n) is 7.54. The largest absolute Gasteiger partial charge is 0.481 e. The third-order valence-electron chi connectivity index (χ3n) is 3.54. The minimum Gasteiger partial charge on any atom is -0.481 e. The Morgan fingerprint density at radius 1 is 1.20 bits per heavy atom. The van der Waals surface area contributed by atoms with Crippen LogP contribution in [-0.4, -0.2) is 18.1 Å². The lowest BCUT2D eigenvalue weighted by Gasteiger charge is -2.20. The summed E-state index contributed by atoms with van der Waals surface area (Å²) in [5, 5.41) is 3.01. The van der Waals surface area contributed by atoms with Gasteiger partial charge in [-0.3, -0.25) is 4.79 Å². The summed E-state index contributed by atoms with van der Waals surface area (Å²) in [4.78, 5) is 12.1. The fourth-order valence-electron chi connectivity index (χ4n) is 2.02. The minimum absolute atomic E-state index is 0.0475. The molecule has 112 valence electrons. The van der Waals surface area contributed by atoms with Crippen LogP contribution >= 0.6 is 0 Å². The number of hydrogen-bond donors (Lipinski definition) is 1. The fourth-order valence-corrected chi connectivity index (χ4v) is 2.02. The van der Waals surface area contributed by atoms with E-state index in [-0.39, 0.29) is 11.9 Å². The number of rotatable bonds is 7. The Kier molecular flexibility index (Phi) is 6.56. The number of carbonyl (C=O) groups is 1. The second-order valence-electron chi connectivity index (χ2n) is 5.51. The average Bonchev–Trinajstić information content (AvgIpc) is 2.44. The number of nitrogens with one attached hydrogen (secondary N) is 1. The summed E-state index contributed by atoms with van der Waals surface area (Å²) in [5.74, 6) is 1.16. The van der Waals surface area contributed by atoms with E-state index in [2.05, 4.69) is 39.1 Å². The highest BCUT2D eigenvalue weighted by Crippen LogP contribution is 2.21. The predicted octanol–water partition coefficient (Wildman–Crippen LogP) is 3.88. The van der Waals surface area contributed by atoms with E-state index in [0.29, 0.717) is 5.92 Å². The molecule has 3 nitrogen and oxygen atoms in total. The quantitative estimate of drug-likeness (QED) is 0.821. The number of ether oxygens (including phenoxy) is 1. The van der Waals surface area contributed by atoms with Gasteiger partial charge in [-0.1, -0.05) is 39.8 Å². The van der Waals surface area contributed by atoms with Crippen LogP contribution in [0.5, 0.6) is 5.75 Å². The standard InChI is InChI=1S/C17H27NO2/c1-6-15(7-2)18-17(19)13(5)20-16-10-8-9-14(11-16)12(3)4/h8-13,15H,6-7H2,1-5H3,(H,18,19). The molecular formula is C17H27NO2. The molecule has 0 aliphatic heterocycles. The van der Waals surface area contributed by atoms with Crippen molar-refractivity contribution in [2.24, 2.45) is 0 Å². The maximum atomic E-state index is 12.1. The van der Waals surface area contributed by atoms with Gasteiger partial charge in [0.2, 0.25) is 0 Å². The first-order valence-corrected chi connectivity index (χ1v) is 7.54. The number of amides is 1. The van der Waals surface area contributed by atoms with Crippen LogP contribution in [0.2, 0.25) is 0 Å². The molecule has 0 aliphatic rings. The zero-order valence-corrected chi connectivity index (χ0v) is 13.3. The summed E-state index contributed by atoms with van der Waals surface area (Å²) in [6.07, 6.45) is 1.41. The van der Waals surface area contributed by atoms with Crippen LogP contribution in [-0.2, 0) is 4.79 Å². The van der Waals surface area contributed by atoms with Gasteiger partial charge in [0.05, 0.1) is 0 Å². The van der Waals surface area contributed by atoms with Crippen molar-refractivity contribution in [2.45, 2.75) is 65.5 Å². The molecule has 1 aromatic rings. The van der Waals surface area contributed by atoms with Crippen molar-refractivity contribution < 1.29 is 9.53 Å². The average molecular weight is 277 g/mol. The van der Waals surface area contributed by atoms with Crippen LogP contribution in [0.4, 0.5) is 0 Å². The second kappa shape index (κ2) is 7.93. The van der Waals surface area contributed by atoms with Crippen LogP contribution in [0.3, 0.4) is 0 Å². The number of carbonyl (C=O) groups excluding carboxylic acids is 1. The lowest BCUT2D eigenvalue weighted by molar-refractivity contribution is -0.128. The lowest BCUT2D eigenvalue weighted by atomic mass is 10.0. The number of hydrogen-bond acceptors (Lipinski definition) is 2. The van der Waals surface area contributed by atoms with Crippen molar-refractivity contribution in [1.82, 2.24) is 5.32 Å². The van der Waals surface area contributed by atoms with Gasteiger partial charge in [0.1, 0.15) is 5.75 Å². The molecule has 0 aromatic heterocycles. The van der Waals surface area contributed by atoms with Crippen LogP contribution in [0, 0.1) is 0 Å². The maximum Gasteiger partial charge on any atom is 0.260 e. The third kappa shape index (κ3) is 4.87. The second-order valence-corrected chi connectivity index (χ2v) is 5.51. The van der Waals surface area contributed by atoms with E-state index in [4.69, 9.17) is 4.74 Å². The third-order valence-corrected chi connectivity index (χ3v) is 3.54. The molecule has 0 aliphatic carbocycles. The van der Waals surface area contributed by atoms with Crippen molar-refractivity contribution in [3.05, 3.63) is 29.8 Å². The summed E-state index contributed by atoms with van der Waals surface area (Å²) >= 11 is 0. The summed E-state index contributed by atoms with van der Waals surface area (Å²) in [6, 6.07) is 8.18. The molecule has 1 N–H and O–H groups in total. The van der Waals surface area contributed by atoms with Crippen LogP contribution in [0.1, 0.15) is 58.9 Å². The van der Waals surface area contributed by atoms with Gasteiger partial charge in [-0.25, -0.2) is 0 Å². The Labute approximate surface area is 122 Å². The van der Waals surface area contributed by atoms with E-state index in [1.807, 2.05) is 18.2 Å². The molecular weight excluding hydrogens is 250 g/mol. The Morgan fingerprint density at radius 2 is 1.85 bits per heavy atom. The molecule has 0 saturated carbocycles. The van der Waals surface area contributed by atoms with E-state index in [1.54, 1.807) is 6.92 Å². The van der Waals surface area contributed by atoms with Crippen molar-refractivity contribution in [3.63, 3.8) is 0 Å². The first-order chi connectivity index (χ1) is 9.47. The van der Waals surface area contributed by atoms with Gasteiger partial charge >= 0.3 is 0 Å². The highest BCUT2D eigenvalue weighted by molar-refractivity contribution is 5.81. The molecule has 0 saturated heterocycles. The van der Waals surface area contributed by atoms with Crippen LogP contribution in [0.15, 0.2) is 24.3 Å². The fraction of sp³-hybridized carbons (Fsp3) is 0.588. The maximum absolute atomic E-state index is 12.1. The van der Waals surface area contributed by atoms with E-state index >= 15 is 0 Å². The molecule has 0 radical (unpaired) electrons. The van der Waals surface area contributed by atoms with Gasteiger partial charge in [0, 0.05) is 6.04 Å². The Bertz CT molecular complexity index is 425. The van der Waals surface area contributed by atoms with Gasteiger partial charge in [-0.15, -0.1) is 0 Å². The Hall–Kier alpha value is -1.51. The van der Waals surface area contributed by atoms with Gasteiger partial charge in [-0.2, -0.15) is 0 Å². The SMILES string of the molecule is CCC(CC)NC(=O)C(C)Oc1cccc(C(C)C)c1. The minimum atomic E-state index is -0.474. The normalized spacial score (nSPS) is 12.6. The molecule has 0 fully saturated rings. The van der Waals surface area contributed by atoms with Gasteiger partial charge in [0.15, 0.2) is 6.10 Å². The molecule has 1 aromatic carbocycles. The van der Waals surface area contributed by atoms with E-state index in [9.17, 15) is 4.79 Å². The van der Waals surface area contributed by atoms with Crippen LogP contribution < -0.4 is 10.1 Å². The molecule has 0 bridgehead atoms. The lowest BCUT2D eigenvalue weighted by Crippen LogP contribution is -2.42. The van der Waals surface area contributed by atoms with E-state index in [0.717, 1.165) is 18.6 Å². The zero-order valence-electron chi connectivity index (χ0n) is 13.3. The summed E-state index contributed by atoms with van der Waals surface area (Å²) in [5.41, 5.74) is 1.22. The molecule has 20 heavy (non-hydrogen) atoms. The summed E-state index contributed by atoms with van der Waals surface area (Å²) < 4.78 is 5.74. The smallest absolute Gasteiger partial charge is 0.260 e. The van der Waals surface area contributed by atoms with Crippen molar-refractivity contribution in [1.29, 1.82) is 0 Å². The molecule has 1 amide bonds. The number of benzene rings is 1. The van der Waals surface area contributed by atoms with Gasteiger partial charge in [-0.05, 0) is 43.4 Å². The van der Waals surface area contributed by atoms with Crippen molar-refractivity contribution in [2.75, 3.05) is 0 Å². The molecule has 0 spiro atoms. The monoisotopic (exact) mass is 277 g/mol. The Balaban J connectivity index is 2.63. The van der Waals surface area contributed by atoms with Crippen molar-refractivity contribution >= 4 is 5.91 Å². The van der Waals surface area contributed by atoms with Gasteiger partial charge in [0.25, 0.3) is 5.91 Å². The molecule has 1 atom stereocenters. The molecule has 3 heteroatoms. The summed E-state index contributed by atoms with van der Waals surface area (Å²) in [7, 11) is 0. The summed E-state index contributed by atoms with van der Waals surface area (Å²) in [6.45, 7) is 10.2. The van der Waals surface area contributed by atoms with Gasteiger partial charge < -0.3 is 10.1 Å². The molecule has 0 heterocycles. The van der Waals surface area contributed by atoms with E-state index in [1.165, 1.54) is 5.56 Å². The van der Waals surface area contributed by atoms with E-state index < -0.39 is 6.10 Å². The highest BCUT2D eigenvalue weighted by atomic mass is 16.5. The predicted molar refractivity (Wildman–Crippen MR) is 83.1 cm³/mol.